The van der Waals surface area contributed by atoms with E-state index in [4.69, 9.17) is 0 Å². The van der Waals surface area contributed by atoms with Gasteiger partial charge in [-0.2, -0.15) is 9.90 Å². The van der Waals surface area contributed by atoms with Gasteiger partial charge in [-0.1, -0.05) is 0 Å². The van der Waals surface area contributed by atoms with Crippen molar-refractivity contribution >= 4 is 56.6 Å². The zero-order valence-corrected chi connectivity index (χ0v) is 10.3. The van der Waals surface area contributed by atoms with Gasteiger partial charge < -0.3 is 5.48 Å². The first-order valence-corrected chi connectivity index (χ1v) is 0. The molecule has 0 aliphatic heterocycles. The number of hydrogen-bond donors (Lipinski definition) is 0. The molecule has 0 aromatic rings. The Morgan fingerprint density at radius 3 is 1.00 bits per heavy atom. The van der Waals surface area contributed by atoms with E-state index in [1.165, 1.54) is 0 Å². The van der Waals surface area contributed by atoms with Crippen LogP contribution in [0.4, 0.5) is 0 Å². The summed E-state index contributed by atoms with van der Waals surface area (Å²) in [6.07, 6.45) is 0. The van der Waals surface area contributed by atoms with E-state index in [0.29, 0.717) is 0 Å². The summed E-state index contributed by atoms with van der Waals surface area (Å²) in [5.74, 6) is 0. The molecule has 0 saturated carbocycles. The van der Waals surface area contributed by atoms with Crippen LogP contribution in [0.15, 0.2) is 0 Å². The summed E-state index contributed by atoms with van der Waals surface area (Å²) in [5, 5.41) is 0. The second kappa shape index (κ2) is 55.2. The fourth-order valence-electron chi connectivity index (χ4n) is 0. The molecule has 0 N–H and O–H groups in total. The third-order valence-electron chi connectivity index (χ3n) is 0. The Kier molecular flexibility index (Phi) is 776. The molecular formula is H10BOPPbSiW. The van der Waals surface area contributed by atoms with E-state index in [-0.39, 0.29) is 83.1 Å². The van der Waals surface area contributed by atoms with Gasteiger partial charge in [-0.15, -0.1) is 0 Å². The quantitative estimate of drug-likeness (QED) is 0.257. The predicted octanol–water partition coefficient (Wildman–Crippen LogP) is -3.08. The van der Waals surface area contributed by atoms with E-state index in [1.54, 1.807) is 0 Å². The van der Waals surface area contributed by atoms with Crippen LogP contribution in [0.2, 0.25) is 0 Å². The van der Waals surface area contributed by atoms with Crippen molar-refractivity contribution in [2.75, 3.05) is 0 Å². The van der Waals surface area contributed by atoms with Gasteiger partial charge in [0.1, 0.15) is 0 Å². The van der Waals surface area contributed by atoms with Gasteiger partial charge in [0.05, 0.1) is 8.41 Å². The Balaban J connectivity index is 0. The average Bonchev–Trinajstić information content (AvgIpc) is 0. The average molecular weight is 487 g/mol. The molecule has 0 rings (SSSR count). The summed E-state index contributed by atoms with van der Waals surface area (Å²) < 4.78 is 0. The first-order valence-electron chi connectivity index (χ1n) is 0. The number of hydrogen-bond acceptors (Lipinski definition) is 0. The van der Waals surface area contributed by atoms with Crippen LogP contribution >= 0.6 is 9.90 Å². The van der Waals surface area contributed by atoms with E-state index in [1.807, 2.05) is 0 Å². The molecule has 0 heterocycles. The van der Waals surface area contributed by atoms with Crippen LogP contribution in [0.1, 0.15) is 0 Å². The predicted molar refractivity (Wildman–Crippen MR) is 38.8 cm³/mol. The van der Waals surface area contributed by atoms with Gasteiger partial charge in [0.2, 0.25) is 0 Å². The second-order valence-electron chi connectivity index (χ2n) is 0. The van der Waals surface area contributed by atoms with Crippen LogP contribution in [-0.2, 0) is 26.5 Å². The van der Waals surface area contributed by atoms with Crippen molar-refractivity contribution < 1.29 is 26.5 Å². The Hall–Kier alpha value is 2.28. The summed E-state index contributed by atoms with van der Waals surface area (Å²) in [5.41, 5.74) is 0. The third-order valence-corrected chi connectivity index (χ3v) is 0. The summed E-state index contributed by atoms with van der Waals surface area (Å²) in [4.78, 5) is 0. The molecule has 6 heavy (non-hydrogen) atoms. The van der Waals surface area contributed by atoms with Crippen LogP contribution in [0.5, 0.6) is 0 Å². The molecule has 0 amide bonds. The molecule has 6 heteroatoms. The SMILES string of the molecule is B.P.[O-2].[Pb+2].[SiH4].[W]. The summed E-state index contributed by atoms with van der Waals surface area (Å²) in [7, 11) is 0. The molecule has 1 unspecified atom stereocenters. The van der Waals surface area contributed by atoms with Gasteiger partial charge in [0.15, 0.2) is 0 Å². The van der Waals surface area contributed by atoms with E-state index in [0.717, 1.165) is 0 Å². The molecule has 1 nitrogen and oxygen atoms in total. The fraction of sp³-hybridized carbons (Fsp3) is 0. The van der Waals surface area contributed by atoms with Gasteiger partial charge in [-0.3, -0.25) is 0 Å². The van der Waals surface area contributed by atoms with E-state index < -0.39 is 0 Å². The maximum atomic E-state index is 0. The smallest absolute Gasteiger partial charge is 2.00 e. The molecule has 38 valence electrons. The van der Waals surface area contributed by atoms with E-state index in [2.05, 4.69) is 0 Å². The summed E-state index contributed by atoms with van der Waals surface area (Å²) >= 11 is 0. The Morgan fingerprint density at radius 1 is 1.00 bits per heavy atom. The topological polar surface area (TPSA) is 28.5 Å². The van der Waals surface area contributed by atoms with Crippen molar-refractivity contribution in [1.82, 2.24) is 0 Å². The number of rotatable bonds is 0. The van der Waals surface area contributed by atoms with Gasteiger partial charge in [-0.05, 0) is 11.0 Å². The Labute approximate surface area is 82.4 Å². The molecule has 0 aliphatic carbocycles. The molecule has 0 spiro atoms. The molecule has 2 radical (unpaired) electrons. The summed E-state index contributed by atoms with van der Waals surface area (Å²) in [6.45, 7) is 0. The van der Waals surface area contributed by atoms with Gasteiger partial charge in [0.25, 0.3) is 0 Å². The van der Waals surface area contributed by atoms with Gasteiger partial charge in [0, 0.05) is 21.1 Å². The minimum atomic E-state index is 0. The van der Waals surface area contributed by atoms with Crippen LogP contribution in [0.3, 0.4) is 0 Å². The van der Waals surface area contributed by atoms with Crippen LogP contribution in [-0.4, -0.2) is 46.7 Å². The Morgan fingerprint density at radius 2 is 1.00 bits per heavy atom. The molecule has 0 fully saturated rings. The van der Waals surface area contributed by atoms with Crippen molar-refractivity contribution in [1.29, 1.82) is 0 Å². The first-order chi connectivity index (χ1) is 0. The zero-order valence-electron chi connectivity index (χ0n) is 2.02. The maximum absolute atomic E-state index is 0. The fourth-order valence-corrected chi connectivity index (χ4v) is 0. The van der Waals surface area contributed by atoms with Crippen LogP contribution < -0.4 is 0 Å². The minimum Gasteiger partial charge on any atom is -2.00 e. The van der Waals surface area contributed by atoms with E-state index >= 15 is 0 Å². The largest absolute Gasteiger partial charge is 2.00 e. The second-order valence-corrected chi connectivity index (χ2v) is 0. The standard InChI is InChI=1S/BH3.O.H3P.Pb.H4Si.W/h1H3;;1H3;;1H4;/q;-2;;+2;;. The zero-order chi connectivity index (χ0) is 0. The molecule has 0 saturated heterocycles. The molecule has 0 aromatic heterocycles. The van der Waals surface area contributed by atoms with E-state index in [9.17, 15) is 0 Å². The molecule has 0 bridgehead atoms. The van der Waals surface area contributed by atoms with Crippen molar-refractivity contribution in [3.63, 3.8) is 0 Å². The van der Waals surface area contributed by atoms with Crippen LogP contribution in [0.25, 0.3) is 0 Å². The van der Waals surface area contributed by atoms with Crippen molar-refractivity contribution in [3.8, 4) is 0 Å². The molecule has 0 aromatic carbocycles. The van der Waals surface area contributed by atoms with Crippen molar-refractivity contribution in [2.24, 2.45) is 0 Å². The summed E-state index contributed by atoms with van der Waals surface area (Å²) in [6, 6.07) is 0. The van der Waals surface area contributed by atoms with Crippen molar-refractivity contribution in [2.45, 2.75) is 0 Å². The van der Waals surface area contributed by atoms with Gasteiger partial charge >= 0.3 is 27.3 Å². The Bertz CT molecular complexity index is 15.5. The third kappa shape index (κ3) is 33.7. The molecule has 1 atom stereocenters. The molecule has 0 aliphatic rings. The van der Waals surface area contributed by atoms with Crippen molar-refractivity contribution in [3.05, 3.63) is 0 Å². The monoisotopic (exact) mass is 488 g/mol. The first kappa shape index (κ1) is 84.3. The molecular weight excluding hydrogens is 477 g/mol. The maximum Gasteiger partial charge on any atom is 2.00 e. The van der Waals surface area contributed by atoms with Crippen LogP contribution in [0, 0.1) is 0 Å². The normalized spacial score (nSPS) is 0. The van der Waals surface area contributed by atoms with Gasteiger partial charge in [-0.25, -0.2) is 0 Å². The minimum absolute atomic E-state index is 0.